The molecule has 130 valence electrons. The van der Waals surface area contributed by atoms with Crippen LogP contribution in [0.15, 0.2) is 0 Å². The van der Waals surface area contributed by atoms with Crippen LogP contribution >= 0.6 is 0 Å². The maximum Gasteiger partial charge on any atom is 0.320 e. The average Bonchev–Trinajstić information content (AvgIpc) is 2.53. The summed E-state index contributed by atoms with van der Waals surface area (Å²) in [5.41, 5.74) is 0. The van der Waals surface area contributed by atoms with Crippen molar-refractivity contribution in [3.8, 4) is 0 Å². The van der Waals surface area contributed by atoms with Crippen LogP contribution in [0.1, 0.15) is 90.4 Å². The SMILES string of the molecule is CCCCCCCCCCCCOC(=O)CN1CCCCC1. The van der Waals surface area contributed by atoms with Gasteiger partial charge < -0.3 is 4.74 Å². The van der Waals surface area contributed by atoms with Gasteiger partial charge in [0.05, 0.1) is 13.2 Å². The fourth-order valence-electron chi connectivity index (χ4n) is 3.12. The number of esters is 1. The van der Waals surface area contributed by atoms with Crippen LogP contribution in [0.25, 0.3) is 0 Å². The molecule has 1 heterocycles. The van der Waals surface area contributed by atoms with E-state index in [1.54, 1.807) is 0 Å². The summed E-state index contributed by atoms with van der Waals surface area (Å²) in [7, 11) is 0. The molecule has 1 saturated heterocycles. The highest BCUT2D eigenvalue weighted by molar-refractivity contribution is 5.71. The first-order chi connectivity index (χ1) is 10.8. The zero-order valence-corrected chi connectivity index (χ0v) is 14.8. The Morgan fingerprint density at radius 3 is 1.95 bits per heavy atom. The van der Waals surface area contributed by atoms with Crippen molar-refractivity contribution in [2.45, 2.75) is 90.4 Å². The zero-order valence-electron chi connectivity index (χ0n) is 14.8. The first-order valence-electron chi connectivity index (χ1n) is 9.71. The summed E-state index contributed by atoms with van der Waals surface area (Å²) in [6.45, 7) is 5.50. The van der Waals surface area contributed by atoms with E-state index in [0.29, 0.717) is 13.2 Å². The van der Waals surface area contributed by atoms with Crippen molar-refractivity contribution >= 4 is 5.97 Å². The van der Waals surface area contributed by atoms with E-state index >= 15 is 0 Å². The second kappa shape index (κ2) is 14.0. The van der Waals surface area contributed by atoms with Gasteiger partial charge in [0.2, 0.25) is 0 Å². The van der Waals surface area contributed by atoms with Crippen LogP contribution in [0.5, 0.6) is 0 Å². The van der Waals surface area contributed by atoms with Crippen molar-refractivity contribution in [3.05, 3.63) is 0 Å². The highest BCUT2D eigenvalue weighted by atomic mass is 16.5. The molecule has 1 aliphatic heterocycles. The summed E-state index contributed by atoms with van der Waals surface area (Å²) in [5, 5.41) is 0. The van der Waals surface area contributed by atoms with Gasteiger partial charge in [0.25, 0.3) is 0 Å². The minimum absolute atomic E-state index is 0.0298. The Kier molecular flexibility index (Phi) is 12.4. The summed E-state index contributed by atoms with van der Waals surface area (Å²) in [5.74, 6) is -0.0298. The number of hydrogen-bond donors (Lipinski definition) is 0. The third-order valence-corrected chi connectivity index (χ3v) is 4.56. The molecular weight excluding hydrogens is 274 g/mol. The number of carbonyl (C=O) groups is 1. The standard InChI is InChI=1S/C19H37NO2/c1-2-3-4-5-6-7-8-9-10-14-17-22-19(21)18-20-15-12-11-13-16-20/h2-18H2,1H3. The van der Waals surface area contributed by atoms with Gasteiger partial charge in [-0.05, 0) is 32.4 Å². The van der Waals surface area contributed by atoms with Crippen molar-refractivity contribution in [2.24, 2.45) is 0 Å². The highest BCUT2D eigenvalue weighted by Gasteiger charge is 2.14. The van der Waals surface area contributed by atoms with E-state index in [4.69, 9.17) is 4.74 Å². The van der Waals surface area contributed by atoms with E-state index in [0.717, 1.165) is 19.5 Å². The van der Waals surface area contributed by atoms with E-state index in [-0.39, 0.29) is 5.97 Å². The van der Waals surface area contributed by atoms with E-state index in [1.165, 1.54) is 77.0 Å². The normalized spacial score (nSPS) is 15.9. The summed E-state index contributed by atoms with van der Waals surface area (Å²) in [6, 6.07) is 0. The van der Waals surface area contributed by atoms with Crippen LogP contribution in [-0.4, -0.2) is 37.1 Å². The lowest BCUT2D eigenvalue weighted by Crippen LogP contribution is -2.35. The average molecular weight is 312 g/mol. The second-order valence-electron chi connectivity index (χ2n) is 6.74. The molecular formula is C19H37NO2. The number of nitrogens with zero attached hydrogens (tertiary/aromatic N) is 1. The van der Waals surface area contributed by atoms with Gasteiger partial charge >= 0.3 is 5.97 Å². The first kappa shape index (κ1) is 19.5. The Balaban J connectivity index is 1.79. The van der Waals surface area contributed by atoms with Gasteiger partial charge in [0, 0.05) is 0 Å². The Bertz CT molecular complexity index is 262. The van der Waals surface area contributed by atoms with Gasteiger partial charge in [-0.2, -0.15) is 0 Å². The van der Waals surface area contributed by atoms with Gasteiger partial charge in [-0.25, -0.2) is 0 Å². The number of ether oxygens (including phenoxy) is 1. The van der Waals surface area contributed by atoms with Crippen molar-refractivity contribution in [1.82, 2.24) is 4.90 Å². The van der Waals surface area contributed by atoms with Crippen LogP contribution in [0, 0.1) is 0 Å². The molecule has 0 saturated carbocycles. The Labute approximate surface area is 137 Å². The quantitative estimate of drug-likeness (QED) is 0.356. The molecule has 3 heteroatoms. The van der Waals surface area contributed by atoms with Crippen LogP contribution < -0.4 is 0 Å². The summed E-state index contributed by atoms with van der Waals surface area (Å²) in [6.07, 6.45) is 16.9. The topological polar surface area (TPSA) is 29.5 Å². The predicted octanol–water partition coefficient (Wildman–Crippen LogP) is 4.94. The minimum Gasteiger partial charge on any atom is -0.465 e. The Hall–Kier alpha value is -0.570. The lowest BCUT2D eigenvalue weighted by Gasteiger charge is -2.25. The molecule has 0 atom stereocenters. The van der Waals surface area contributed by atoms with Gasteiger partial charge in [-0.3, -0.25) is 9.69 Å². The third-order valence-electron chi connectivity index (χ3n) is 4.56. The molecule has 1 aliphatic rings. The van der Waals surface area contributed by atoms with Gasteiger partial charge in [0.15, 0.2) is 0 Å². The van der Waals surface area contributed by atoms with Crippen molar-refractivity contribution in [2.75, 3.05) is 26.2 Å². The number of carbonyl (C=O) groups excluding carboxylic acids is 1. The fraction of sp³-hybridized carbons (Fsp3) is 0.947. The van der Waals surface area contributed by atoms with Crippen LogP contribution in [0.2, 0.25) is 0 Å². The van der Waals surface area contributed by atoms with Gasteiger partial charge in [0.1, 0.15) is 0 Å². The second-order valence-corrected chi connectivity index (χ2v) is 6.74. The molecule has 0 aromatic heterocycles. The molecule has 0 aliphatic carbocycles. The lowest BCUT2D eigenvalue weighted by atomic mass is 10.1. The number of unbranched alkanes of at least 4 members (excludes halogenated alkanes) is 9. The number of hydrogen-bond acceptors (Lipinski definition) is 3. The molecule has 3 nitrogen and oxygen atoms in total. The van der Waals surface area contributed by atoms with E-state index in [9.17, 15) is 4.79 Å². The largest absolute Gasteiger partial charge is 0.465 e. The molecule has 22 heavy (non-hydrogen) atoms. The predicted molar refractivity (Wildman–Crippen MR) is 93.1 cm³/mol. The molecule has 0 spiro atoms. The molecule has 0 amide bonds. The van der Waals surface area contributed by atoms with Crippen molar-refractivity contribution < 1.29 is 9.53 Å². The van der Waals surface area contributed by atoms with E-state index in [2.05, 4.69) is 11.8 Å². The molecule has 1 fully saturated rings. The minimum atomic E-state index is -0.0298. The van der Waals surface area contributed by atoms with Crippen molar-refractivity contribution in [1.29, 1.82) is 0 Å². The monoisotopic (exact) mass is 311 g/mol. The van der Waals surface area contributed by atoms with Gasteiger partial charge in [-0.1, -0.05) is 71.1 Å². The molecule has 0 N–H and O–H groups in total. The van der Waals surface area contributed by atoms with Crippen molar-refractivity contribution in [3.63, 3.8) is 0 Å². The molecule has 0 aromatic carbocycles. The third kappa shape index (κ3) is 11.1. The zero-order chi connectivity index (χ0) is 15.9. The Morgan fingerprint density at radius 1 is 0.818 bits per heavy atom. The van der Waals surface area contributed by atoms with Crippen LogP contribution in [0.4, 0.5) is 0 Å². The number of likely N-dealkylation sites (tertiary alicyclic amines) is 1. The fourth-order valence-corrected chi connectivity index (χ4v) is 3.12. The summed E-state index contributed by atoms with van der Waals surface area (Å²) >= 11 is 0. The molecule has 0 unspecified atom stereocenters. The van der Waals surface area contributed by atoms with Gasteiger partial charge in [-0.15, -0.1) is 0 Å². The lowest BCUT2D eigenvalue weighted by molar-refractivity contribution is -0.145. The van der Waals surface area contributed by atoms with Crippen LogP contribution in [-0.2, 0) is 9.53 Å². The maximum atomic E-state index is 11.7. The maximum absolute atomic E-state index is 11.7. The number of rotatable bonds is 13. The van der Waals surface area contributed by atoms with E-state index < -0.39 is 0 Å². The first-order valence-corrected chi connectivity index (χ1v) is 9.71. The molecule has 0 bridgehead atoms. The van der Waals surface area contributed by atoms with Crippen LogP contribution in [0.3, 0.4) is 0 Å². The molecule has 0 aromatic rings. The summed E-state index contributed by atoms with van der Waals surface area (Å²) < 4.78 is 5.34. The smallest absolute Gasteiger partial charge is 0.320 e. The van der Waals surface area contributed by atoms with E-state index in [1.807, 2.05) is 0 Å². The Morgan fingerprint density at radius 2 is 1.36 bits per heavy atom. The molecule has 0 radical (unpaired) electrons. The highest BCUT2D eigenvalue weighted by Crippen LogP contribution is 2.11. The molecule has 1 rings (SSSR count). The summed E-state index contributed by atoms with van der Waals surface area (Å²) in [4.78, 5) is 13.9. The number of piperidine rings is 1.